The summed E-state index contributed by atoms with van der Waals surface area (Å²) in [6.45, 7) is 5.53. The molecular weight excluding hydrogens is 280 g/mol. The summed E-state index contributed by atoms with van der Waals surface area (Å²) < 4.78 is 7.78. The number of aromatic nitrogens is 2. The molecule has 0 aromatic carbocycles. The highest BCUT2D eigenvalue weighted by Gasteiger charge is 2.59. The molecule has 1 aromatic heterocycles. The number of amides is 2. The van der Waals surface area contributed by atoms with Crippen molar-refractivity contribution in [2.24, 2.45) is 5.41 Å². The van der Waals surface area contributed by atoms with Gasteiger partial charge in [-0.15, -0.1) is 0 Å². The molecule has 0 bridgehead atoms. The molecule has 2 saturated carbocycles. The fraction of sp³-hybridized carbons (Fsp3) is 0.750. The fourth-order valence-corrected chi connectivity index (χ4v) is 3.82. The van der Waals surface area contributed by atoms with E-state index >= 15 is 0 Å². The van der Waals surface area contributed by atoms with E-state index in [0.29, 0.717) is 6.10 Å². The van der Waals surface area contributed by atoms with Crippen LogP contribution in [0, 0.1) is 5.41 Å². The number of carbonyl (C=O) groups is 1. The van der Waals surface area contributed by atoms with Crippen LogP contribution in [0.3, 0.4) is 0 Å². The van der Waals surface area contributed by atoms with Gasteiger partial charge < -0.3 is 19.9 Å². The molecule has 6 nitrogen and oxygen atoms in total. The SMILES string of the molecule is CCOC1CC(NC(=O)NC(C)Cn2ccnc2)C12CCC2. The maximum atomic E-state index is 12.2. The Hall–Kier alpha value is -1.56. The molecular formula is C16H26N4O2. The Balaban J connectivity index is 1.46. The average molecular weight is 306 g/mol. The number of urea groups is 1. The first-order chi connectivity index (χ1) is 10.6. The van der Waals surface area contributed by atoms with E-state index in [1.54, 1.807) is 12.5 Å². The summed E-state index contributed by atoms with van der Waals surface area (Å²) >= 11 is 0. The molecule has 0 radical (unpaired) electrons. The Kier molecular flexibility index (Phi) is 4.38. The number of ether oxygens (including phenoxy) is 1. The number of hydrogen-bond acceptors (Lipinski definition) is 3. The minimum atomic E-state index is -0.0705. The van der Waals surface area contributed by atoms with Crippen LogP contribution < -0.4 is 10.6 Å². The molecule has 2 aliphatic rings. The van der Waals surface area contributed by atoms with E-state index in [2.05, 4.69) is 15.6 Å². The molecule has 6 heteroatoms. The lowest BCUT2D eigenvalue weighted by Gasteiger charge is -2.60. The predicted molar refractivity (Wildman–Crippen MR) is 83.5 cm³/mol. The van der Waals surface area contributed by atoms with Crippen molar-refractivity contribution in [3.8, 4) is 0 Å². The maximum absolute atomic E-state index is 12.2. The summed E-state index contributed by atoms with van der Waals surface area (Å²) in [6.07, 6.45) is 10.3. The summed E-state index contributed by atoms with van der Waals surface area (Å²) in [5.41, 5.74) is 0.209. The second-order valence-corrected chi connectivity index (χ2v) is 6.60. The lowest BCUT2D eigenvalue weighted by molar-refractivity contribution is -0.169. The van der Waals surface area contributed by atoms with Crippen LogP contribution >= 0.6 is 0 Å². The third-order valence-electron chi connectivity index (χ3n) is 5.16. The minimum Gasteiger partial charge on any atom is -0.378 e. The highest BCUT2D eigenvalue weighted by Crippen LogP contribution is 2.57. The van der Waals surface area contributed by atoms with Crippen molar-refractivity contribution in [2.45, 2.75) is 64.3 Å². The van der Waals surface area contributed by atoms with Gasteiger partial charge in [0.05, 0.1) is 12.4 Å². The van der Waals surface area contributed by atoms with E-state index in [-0.39, 0.29) is 23.5 Å². The van der Waals surface area contributed by atoms with E-state index in [4.69, 9.17) is 4.74 Å². The van der Waals surface area contributed by atoms with Gasteiger partial charge in [0.15, 0.2) is 0 Å². The van der Waals surface area contributed by atoms with Crippen molar-refractivity contribution in [1.82, 2.24) is 20.2 Å². The zero-order valence-electron chi connectivity index (χ0n) is 13.4. The van der Waals surface area contributed by atoms with Crippen LogP contribution in [0.5, 0.6) is 0 Å². The third-order valence-corrected chi connectivity index (χ3v) is 5.16. The smallest absolute Gasteiger partial charge is 0.315 e. The zero-order chi connectivity index (χ0) is 15.6. The molecule has 2 N–H and O–H groups in total. The Morgan fingerprint density at radius 3 is 2.95 bits per heavy atom. The number of nitrogens with zero attached hydrogens (tertiary/aromatic N) is 2. The Morgan fingerprint density at radius 1 is 1.55 bits per heavy atom. The van der Waals surface area contributed by atoms with Crippen molar-refractivity contribution in [2.75, 3.05) is 6.61 Å². The zero-order valence-corrected chi connectivity index (χ0v) is 13.4. The molecule has 2 fully saturated rings. The molecule has 3 atom stereocenters. The van der Waals surface area contributed by atoms with Crippen LogP contribution in [0.15, 0.2) is 18.7 Å². The third kappa shape index (κ3) is 2.84. The molecule has 122 valence electrons. The molecule has 1 aromatic rings. The Labute approximate surface area is 131 Å². The largest absolute Gasteiger partial charge is 0.378 e. The van der Waals surface area contributed by atoms with E-state index in [0.717, 1.165) is 19.6 Å². The monoisotopic (exact) mass is 306 g/mol. The van der Waals surface area contributed by atoms with Gasteiger partial charge in [-0.1, -0.05) is 6.42 Å². The highest BCUT2D eigenvalue weighted by molar-refractivity contribution is 5.74. The number of hydrogen-bond donors (Lipinski definition) is 2. The summed E-state index contributed by atoms with van der Waals surface area (Å²) in [5, 5.41) is 6.16. The summed E-state index contributed by atoms with van der Waals surface area (Å²) in [4.78, 5) is 16.2. The van der Waals surface area contributed by atoms with Gasteiger partial charge >= 0.3 is 6.03 Å². The minimum absolute atomic E-state index is 0.0642. The van der Waals surface area contributed by atoms with Gasteiger partial charge in [-0.2, -0.15) is 0 Å². The average Bonchev–Trinajstić information content (AvgIpc) is 2.87. The maximum Gasteiger partial charge on any atom is 0.315 e. The van der Waals surface area contributed by atoms with Crippen LogP contribution in [-0.2, 0) is 11.3 Å². The molecule has 1 spiro atoms. The van der Waals surface area contributed by atoms with Crippen LogP contribution in [0.2, 0.25) is 0 Å². The molecule has 3 unspecified atom stereocenters. The van der Waals surface area contributed by atoms with Gasteiger partial charge in [0.25, 0.3) is 0 Å². The van der Waals surface area contributed by atoms with Gasteiger partial charge in [-0.25, -0.2) is 9.78 Å². The van der Waals surface area contributed by atoms with Crippen LogP contribution in [0.25, 0.3) is 0 Å². The van der Waals surface area contributed by atoms with E-state index in [9.17, 15) is 4.79 Å². The normalized spacial score (nSPS) is 26.8. The number of imidazole rings is 1. The fourth-order valence-electron chi connectivity index (χ4n) is 3.82. The van der Waals surface area contributed by atoms with E-state index in [1.165, 1.54) is 19.3 Å². The van der Waals surface area contributed by atoms with E-state index < -0.39 is 0 Å². The standard InChI is InChI=1S/C16H26N4O2/c1-3-22-14-9-13(16(14)5-4-6-16)19-15(21)18-12(2)10-20-8-7-17-11-20/h7-8,11-14H,3-6,9-10H2,1-2H3,(H2,18,19,21). The first-order valence-corrected chi connectivity index (χ1v) is 8.28. The van der Waals surface area contributed by atoms with Gasteiger partial charge in [-0.05, 0) is 33.1 Å². The quantitative estimate of drug-likeness (QED) is 0.843. The Bertz CT molecular complexity index is 498. The molecule has 2 amide bonds. The van der Waals surface area contributed by atoms with Gasteiger partial charge in [0, 0.05) is 43.0 Å². The number of carbonyl (C=O) groups excluding carboxylic acids is 1. The van der Waals surface area contributed by atoms with Crippen molar-refractivity contribution < 1.29 is 9.53 Å². The van der Waals surface area contributed by atoms with Gasteiger partial charge in [0.2, 0.25) is 0 Å². The van der Waals surface area contributed by atoms with Crippen LogP contribution in [-0.4, -0.2) is 40.4 Å². The lowest BCUT2D eigenvalue weighted by Crippen LogP contribution is -2.68. The van der Waals surface area contributed by atoms with Gasteiger partial charge in [-0.3, -0.25) is 0 Å². The summed E-state index contributed by atoms with van der Waals surface area (Å²) in [5.74, 6) is 0. The summed E-state index contributed by atoms with van der Waals surface area (Å²) in [6, 6.07) is 0.256. The van der Waals surface area contributed by atoms with Crippen LogP contribution in [0.4, 0.5) is 4.79 Å². The topological polar surface area (TPSA) is 68.2 Å². The van der Waals surface area contributed by atoms with Crippen molar-refractivity contribution >= 4 is 6.03 Å². The highest BCUT2D eigenvalue weighted by atomic mass is 16.5. The number of rotatable bonds is 6. The summed E-state index contributed by atoms with van der Waals surface area (Å²) in [7, 11) is 0. The predicted octanol–water partition coefficient (Wildman–Crippen LogP) is 1.92. The van der Waals surface area contributed by atoms with Crippen molar-refractivity contribution in [1.29, 1.82) is 0 Å². The second kappa shape index (κ2) is 6.28. The molecule has 3 rings (SSSR count). The Morgan fingerprint density at radius 2 is 2.36 bits per heavy atom. The first kappa shape index (κ1) is 15.3. The second-order valence-electron chi connectivity index (χ2n) is 6.60. The molecule has 2 aliphatic carbocycles. The molecule has 0 saturated heterocycles. The molecule has 0 aliphatic heterocycles. The van der Waals surface area contributed by atoms with E-state index in [1.807, 2.05) is 24.6 Å². The van der Waals surface area contributed by atoms with Crippen molar-refractivity contribution in [3.05, 3.63) is 18.7 Å². The molecule has 22 heavy (non-hydrogen) atoms. The van der Waals surface area contributed by atoms with Crippen LogP contribution in [0.1, 0.15) is 39.5 Å². The van der Waals surface area contributed by atoms with Gasteiger partial charge in [0.1, 0.15) is 0 Å². The number of nitrogens with one attached hydrogen (secondary N) is 2. The van der Waals surface area contributed by atoms with Crippen molar-refractivity contribution in [3.63, 3.8) is 0 Å². The lowest BCUT2D eigenvalue weighted by atomic mass is 9.51. The first-order valence-electron chi connectivity index (χ1n) is 8.28. The molecule has 1 heterocycles.